The summed E-state index contributed by atoms with van der Waals surface area (Å²) >= 11 is 5.85. The Balaban J connectivity index is 2.54. The number of aromatic hydroxyl groups is 2. The van der Waals surface area contributed by atoms with Crippen molar-refractivity contribution in [3.05, 3.63) is 12.1 Å². The lowest BCUT2D eigenvalue weighted by molar-refractivity contribution is -0.142. The first-order valence-electron chi connectivity index (χ1n) is 5.11. The molecule has 1 rings (SSSR count). The van der Waals surface area contributed by atoms with Crippen LogP contribution in [0.25, 0.3) is 0 Å². The number of hydrogen-bond donors (Lipinski definition) is 2. The summed E-state index contributed by atoms with van der Waals surface area (Å²) in [7, 11) is 0. The van der Waals surface area contributed by atoms with E-state index in [1.54, 1.807) is 13.8 Å². The standard InChI is InChI=1S/C10H13NO5S2/c1-3-15-9(14)6(2)18-10(17)16-11-7(12)4-5-8(11)13/h4-6,12-13H,3H2,1-2H3. The number of thiocarbonyl (C=S) groups is 1. The van der Waals surface area contributed by atoms with Gasteiger partial charge in [-0.3, -0.25) is 4.79 Å². The number of ether oxygens (including phenoxy) is 1. The minimum absolute atomic E-state index is 0.0163. The molecule has 0 bridgehead atoms. The normalized spacial score (nSPS) is 11.9. The molecule has 0 aromatic carbocycles. The number of aromatic nitrogens is 1. The van der Waals surface area contributed by atoms with Crippen molar-refractivity contribution in [1.29, 1.82) is 0 Å². The Morgan fingerprint density at radius 1 is 1.50 bits per heavy atom. The first-order chi connectivity index (χ1) is 8.45. The van der Waals surface area contributed by atoms with Crippen molar-refractivity contribution < 1.29 is 24.6 Å². The first-order valence-corrected chi connectivity index (χ1v) is 6.39. The predicted molar refractivity (Wildman–Crippen MR) is 70.6 cm³/mol. The van der Waals surface area contributed by atoms with Crippen LogP contribution < -0.4 is 4.84 Å². The quantitative estimate of drug-likeness (QED) is 0.639. The third kappa shape index (κ3) is 3.81. The highest BCUT2D eigenvalue weighted by Crippen LogP contribution is 2.21. The van der Waals surface area contributed by atoms with Crippen LogP contribution in [-0.4, -0.2) is 37.2 Å². The van der Waals surface area contributed by atoms with Crippen molar-refractivity contribution in [2.45, 2.75) is 19.1 Å². The number of carbonyl (C=O) groups is 1. The molecule has 1 heterocycles. The van der Waals surface area contributed by atoms with Gasteiger partial charge in [-0.25, -0.2) is 0 Å². The molecule has 2 N–H and O–H groups in total. The summed E-state index contributed by atoms with van der Waals surface area (Å²) < 4.78 is 5.55. The van der Waals surface area contributed by atoms with Crippen molar-refractivity contribution in [2.24, 2.45) is 0 Å². The van der Waals surface area contributed by atoms with E-state index >= 15 is 0 Å². The van der Waals surface area contributed by atoms with Gasteiger partial charge in [0.05, 0.1) is 6.61 Å². The third-order valence-electron chi connectivity index (χ3n) is 1.85. The molecule has 8 heteroatoms. The van der Waals surface area contributed by atoms with E-state index in [1.807, 2.05) is 0 Å². The van der Waals surface area contributed by atoms with Crippen LogP contribution in [0.15, 0.2) is 12.1 Å². The maximum atomic E-state index is 11.4. The smallest absolute Gasteiger partial charge is 0.319 e. The van der Waals surface area contributed by atoms with Crippen LogP contribution in [0.5, 0.6) is 11.8 Å². The van der Waals surface area contributed by atoms with Crippen LogP contribution in [-0.2, 0) is 9.53 Å². The second kappa shape index (κ2) is 6.50. The van der Waals surface area contributed by atoms with Crippen LogP contribution >= 0.6 is 24.0 Å². The highest BCUT2D eigenvalue weighted by molar-refractivity contribution is 8.23. The summed E-state index contributed by atoms with van der Waals surface area (Å²) in [6.45, 7) is 3.62. The lowest BCUT2D eigenvalue weighted by Gasteiger charge is -2.12. The Labute approximate surface area is 113 Å². The van der Waals surface area contributed by atoms with Crippen molar-refractivity contribution in [3.63, 3.8) is 0 Å². The summed E-state index contributed by atoms with van der Waals surface area (Å²) in [6, 6.07) is 2.49. The van der Waals surface area contributed by atoms with E-state index in [9.17, 15) is 15.0 Å². The van der Waals surface area contributed by atoms with Gasteiger partial charge >= 0.3 is 5.97 Å². The van der Waals surface area contributed by atoms with Crippen molar-refractivity contribution in [2.75, 3.05) is 6.61 Å². The summed E-state index contributed by atoms with van der Waals surface area (Å²) in [5, 5.41) is 18.1. The summed E-state index contributed by atoms with van der Waals surface area (Å²) in [5.74, 6) is -0.993. The lowest BCUT2D eigenvalue weighted by atomic mass is 10.5. The van der Waals surface area contributed by atoms with E-state index < -0.39 is 11.2 Å². The van der Waals surface area contributed by atoms with Gasteiger partial charge in [-0.2, -0.15) is 0 Å². The van der Waals surface area contributed by atoms with Crippen molar-refractivity contribution in [1.82, 2.24) is 4.73 Å². The largest absolute Gasteiger partial charge is 0.492 e. The molecule has 1 atom stereocenters. The van der Waals surface area contributed by atoms with E-state index in [0.717, 1.165) is 16.5 Å². The van der Waals surface area contributed by atoms with Gasteiger partial charge in [-0.15, -0.1) is 4.73 Å². The monoisotopic (exact) mass is 291 g/mol. The number of nitrogens with zero attached hydrogens (tertiary/aromatic N) is 1. The molecular weight excluding hydrogens is 278 g/mol. The molecule has 1 unspecified atom stereocenters. The van der Waals surface area contributed by atoms with E-state index in [0.29, 0.717) is 0 Å². The fraction of sp³-hybridized carbons (Fsp3) is 0.400. The number of esters is 1. The Hall–Kier alpha value is -1.41. The van der Waals surface area contributed by atoms with Crippen LogP contribution in [0.2, 0.25) is 0 Å². The zero-order valence-electron chi connectivity index (χ0n) is 9.82. The molecule has 0 amide bonds. The Bertz CT molecular complexity index is 426. The summed E-state index contributed by atoms with van der Waals surface area (Å²) in [6.07, 6.45) is 0. The Morgan fingerprint density at radius 3 is 2.56 bits per heavy atom. The molecule has 18 heavy (non-hydrogen) atoms. The van der Waals surface area contributed by atoms with E-state index in [2.05, 4.69) is 0 Å². The first kappa shape index (κ1) is 14.7. The Kier molecular flexibility index (Phi) is 5.29. The SMILES string of the molecule is CCOC(=O)C(C)SC(=S)On1c(O)ccc1O. The third-order valence-corrected chi connectivity index (χ3v) is 3.03. The molecule has 0 aliphatic carbocycles. The van der Waals surface area contributed by atoms with Gasteiger partial charge in [0.2, 0.25) is 11.8 Å². The van der Waals surface area contributed by atoms with Crippen LogP contribution in [0.3, 0.4) is 0 Å². The van der Waals surface area contributed by atoms with Gasteiger partial charge < -0.3 is 19.8 Å². The second-order valence-corrected chi connectivity index (χ2v) is 5.14. The predicted octanol–water partition coefficient (Wildman–Crippen LogP) is 1.30. The molecule has 1 aromatic heterocycles. The average molecular weight is 291 g/mol. The maximum Gasteiger partial charge on any atom is 0.319 e. The van der Waals surface area contributed by atoms with Gasteiger partial charge in [-0.05, 0) is 26.1 Å². The topological polar surface area (TPSA) is 80.9 Å². The molecule has 0 radical (unpaired) electrons. The maximum absolute atomic E-state index is 11.4. The molecule has 0 aliphatic rings. The molecule has 6 nitrogen and oxygen atoms in total. The number of carbonyl (C=O) groups excluding carboxylic acids is 1. The average Bonchev–Trinajstić information content (AvgIpc) is 2.61. The number of thioether (sulfide) groups is 1. The van der Waals surface area contributed by atoms with Gasteiger partial charge in [0.25, 0.3) is 4.38 Å². The van der Waals surface area contributed by atoms with Gasteiger partial charge in [0.15, 0.2) is 0 Å². The van der Waals surface area contributed by atoms with E-state index in [-0.39, 0.29) is 22.7 Å². The highest BCUT2D eigenvalue weighted by atomic mass is 32.2. The second-order valence-electron chi connectivity index (χ2n) is 3.20. The molecular formula is C10H13NO5S2. The zero-order chi connectivity index (χ0) is 13.7. The Morgan fingerprint density at radius 2 is 2.06 bits per heavy atom. The fourth-order valence-corrected chi connectivity index (χ4v) is 2.12. The molecule has 0 aliphatic heterocycles. The minimum atomic E-state index is -0.530. The van der Waals surface area contributed by atoms with Crippen LogP contribution in [0, 0.1) is 0 Å². The van der Waals surface area contributed by atoms with Crippen molar-refractivity contribution in [3.8, 4) is 11.8 Å². The summed E-state index contributed by atoms with van der Waals surface area (Å²) in [4.78, 5) is 16.4. The lowest BCUT2D eigenvalue weighted by Crippen LogP contribution is -2.22. The van der Waals surface area contributed by atoms with Crippen LogP contribution in [0.1, 0.15) is 13.8 Å². The summed E-state index contributed by atoms with van der Waals surface area (Å²) in [5.41, 5.74) is 0. The molecule has 0 saturated heterocycles. The molecule has 0 spiro atoms. The highest BCUT2D eigenvalue weighted by Gasteiger charge is 2.19. The van der Waals surface area contributed by atoms with Gasteiger partial charge in [0.1, 0.15) is 5.25 Å². The van der Waals surface area contributed by atoms with E-state index in [4.69, 9.17) is 21.8 Å². The van der Waals surface area contributed by atoms with Gasteiger partial charge in [0, 0.05) is 12.1 Å². The molecule has 1 aromatic rings. The molecule has 100 valence electrons. The van der Waals surface area contributed by atoms with Crippen LogP contribution in [0.4, 0.5) is 0 Å². The zero-order valence-corrected chi connectivity index (χ0v) is 11.5. The van der Waals surface area contributed by atoms with Crippen molar-refractivity contribution >= 4 is 34.3 Å². The van der Waals surface area contributed by atoms with Gasteiger partial charge in [-0.1, -0.05) is 11.8 Å². The molecule has 0 saturated carbocycles. The molecule has 0 fully saturated rings. The van der Waals surface area contributed by atoms with E-state index in [1.165, 1.54) is 12.1 Å². The fourth-order valence-electron chi connectivity index (χ4n) is 1.04. The number of rotatable bonds is 4. The minimum Gasteiger partial charge on any atom is -0.492 e. The number of hydrogen-bond acceptors (Lipinski definition) is 7.